The predicted molar refractivity (Wildman–Crippen MR) is 33.3 cm³/mol. The van der Waals surface area contributed by atoms with Gasteiger partial charge in [0.2, 0.25) is 0 Å². The van der Waals surface area contributed by atoms with Crippen molar-refractivity contribution in [3.63, 3.8) is 0 Å². The van der Waals surface area contributed by atoms with Crippen LogP contribution in [0, 0.1) is 10.2 Å². The molecule has 6 nitrogen and oxygen atoms in total. The quantitative estimate of drug-likeness (QED) is 0.432. The average molecular weight is 213 g/mol. The van der Waals surface area contributed by atoms with Crippen molar-refractivity contribution in [2.45, 2.75) is 13.1 Å². The molecule has 0 saturated heterocycles. The first-order chi connectivity index (χ1) is 5.72. The second-order valence-electron chi connectivity index (χ2n) is 2.78. The second kappa shape index (κ2) is 4.75. The van der Waals surface area contributed by atoms with Gasteiger partial charge >= 0.3 is 0 Å². The third-order valence-electron chi connectivity index (χ3n) is 1.84. The zero-order valence-electron chi connectivity index (χ0n) is 7.69. The van der Waals surface area contributed by atoms with Gasteiger partial charge in [-0.1, -0.05) is 0 Å². The molecule has 0 radical (unpaired) electrons. The van der Waals surface area contributed by atoms with E-state index in [1.54, 1.807) is 0 Å². The SMILES string of the molecule is CC1N(C)C=C[NH+]1C.[O-][Cl+3]([O-])([O-])[O-]. The molecule has 2 atom stereocenters. The summed E-state index contributed by atoms with van der Waals surface area (Å²) in [5.41, 5.74) is 0. The zero-order chi connectivity index (χ0) is 10.6. The molecule has 0 aliphatic carbocycles. The summed E-state index contributed by atoms with van der Waals surface area (Å²) in [4.78, 5) is 3.66. The van der Waals surface area contributed by atoms with E-state index in [4.69, 9.17) is 18.6 Å². The summed E-state index contributed by atoms with van der Waals surface area (Å²) in [6.45, 7) is 2.20. The summed E-state index contributed by atoms with van der Waals surface area (Å²) in [5, 5.41) is 0. The molecule has 0 aromatic rings. The van der Waals surface area contributed by atoms with Gasteiger partial charge in [0.15, 0.2) is 6.17 Å². The monoisotopic (exact) mass is 212 g/mol. The van der Waals surface area contributed by atoms with Gasteiger partial charge in [0.25, 0.3) is 0 Å². The molecule has 0 aromatic heterocycles. The molecule has 0 amide bonds. The summed E-state index contributed by atoms with van der Waals surface area (Å²) in [6, 6.07) is 0. The molecule has 0 fully saturated rings. The molecule has 0 bridgehead atoms. The molecule has 0 saturated carbocycles. The van der Waals surface area contributed by atoms with Gasteiger partial charge < -0.3 is 4.90 Å². The van der Waals surface area contributed by atoms with E-state index in [0.717, 1.165) is 0 Å². The lowest BCUT2D eigenvalue weighted by Gasteiger charge is -2.17. The zero-order valence-corrected chi connectivity index (χ0v) is 8.45. The molecule has 1 heterocycles. The molecule has 1 aliphatic heterocycles. The molecule has 1 rings (SSSR count). The van der Waals surface area contributed by atoms with Crippen LogP contribution < -0.4 is 23.5 Å². The van der Waals surface area contributed by atoms with E-state index in [2.05, 4.69) is 38.3 Å². The van der Waals surface area contributed by atoms with Crippen LogP contribution in [0.1, 0.15) is 6.92 Å². The normalized spacial score (nSPS) is 27.2. The Morgan fingerprint density at radius 3 is 1.77 bits per heavy atom. The summed E-state index contributed by atoms with van der Waals surface area (Å²) in [6.07, 6.45) is 4.89. The van der Waals surface area contributed by atoms with Crippen molar-refractivity contribution < 1.29 is 33.8 Å². The molecule has 1 N–H and O–H groups in total. The van der Waals surface area contributed by atoms with Crippen molar-refractivity contribution in [2.24, 2.45) is 0 Å². The largest absolute Gasteiger partial charge is 0.327 e. The number of rotatable bonds is 0. The van der Waals surface area contributed by atoms with Gasteiger partial charge in [0, 0.05) is 14.0 Å². The van der Waals surface area contributed by atoms with Crippen LogP contribution in [0.4, 0.5) is 0 Å². The minimum Gasteiger partial charge on any atom is -0.327 e. The molecular weight excluding hydrogens is 200 g/mol. The van der Waals surface area contributed by atoms with Gasteiger partial charge in [-0.15, -0.1) is 10.2 Å². The Kier molecular flexibility index (Phi) is 4.62. The van der Waals surface area contributed by atoms with Crippen LogP contribution >= 0.6 is 0 Å². The van der Waals surface area contributed by atoms with Crippen LogP contribution in [0.3, 0.4) is 0 Å². The van der Waals surface area contributed by atoms with Gasteiger partial charge in [0.05, 0.1) is 13.2 Å². The van der Waals surface area contributed by atoms with Crippen molar-refractivity contribution in [3.05, 3.63) is 12.4 Å². The number of hydrogen-bond acceptors (Lipinski definition) is 5. The number of quaternary nitrogens is 1. The lowest BCUT2D eigenvalue weighted by atomic mass is 10.5. The average Bonchev–Trinajstić information content (AvgIpc) is 2.16. The highest BCUT2D eigenvalue weighted by molar-refractivity contribution is 4.78. The van der Waals surface area contributed by atoms with E-state index >= 15 is 0 Å². The Labute approximate surface area is 79.0 Å². The van der Waals surface area contributed by atoms with Crippen molar-refractivity contribution in [2.75, 3.05) is 14.1 Å². The van der Waals surface area contributed by atoms with Gasteiger partial charge in [-0.2, -0.15) is 0 Å². The Hall–Kier alpha value is -0.370. The van der Waals surface area contributed by atoms with E-state index in [9.17, 15) is 0 Å². The van der Waals surface area contributed by atoms with E-state index in [0.29, 0.717) is 6.17 Å². The van der Waals surface area contributed by atoms with Crippen molar-refractivity contribution in [3.8, 4) is 0 Å². The summed E-state index contributed by atoms with van der Waals surface area (Å²) in [5.74, 6) is 0. The number of nitrogens with one attached hydrogen (secondary N) is 1. The Balaban J connectivity index is 0.000000252. The van der Waals surface area contributed by atoms with Crippen LogP contribution in [0.15, 0.2) is 12.4 Å². The van der Waals surface area contributed by atoms with Crippen LogP contribution in [-0.4, -0.2) is 25.2 Å². The topological polar surface area (TPSA) is 99.9 Å². The summed E-state index contributed by atoms with van der Waals surface area (Å²) in [7, 11) is -0.692. The first kappa shape index (κ1) is 12.6. The molecule has 7 heteroatoms. The fraction of sp³-hybridized carbons (Fsp3) is 0.667. The fourth-order valence-electron chi connectivity index (χ4n) is 0.825. The maximum Gasteiger partial charge on any atom is 0.163 e. The maximum atomic E-state index is 8.49. The van der Waals surface area contributed by atoms with Crippen LogP contribution in [0.5, 0.6) is 0 Å². The molecule has 78 valence electrons. The molecule has 0 aromatic carbocycles. The number of halogens is 1. The molecular formula is C6H13ClN2O4. The molecule has 0 spiro atoms. The fourth-order valence-corrected chi connectivity index (χ4v) is 0.825. The Bertz CT molecular complexity index is 164. The highest BCUT2D eigenvalue weighted by Crippen LogP contribution is 1.91. The number of nitrogens with zero attached hydrogens (tertiary/aromatic N) is 1. The van der Waals surface area contributed by atoms with Gasteiger partial charge in [-0.05, 0) is 0 Å². The maximum absolute atomic E-state index is 8.49. The van der Waals surface area contributed by atoms with Gasteiger partial charge in [-0.25, -0.2) is 18.6 Å². The third kappa shape index (κ3) is 6.76. The minimum absolute atomic E-state index is 0.620. The second-order valence-corrected chi connectivity index (χ2v) is 3.54. The van der Waals surface area contributed by atoms with Gasteiger partial charge in [0.1, 0.15) is 6.20 Å². The van der Waals surface area contributed by atoms with Crippen molar-refractivity contribution >= 4 is 0 Å². The van der Waals surface area contributed by atoms with Crippen LogP contribution in [0.2, 0.25) is 0 Å². The highest BCUT2D eigenvalue weighted by Gasteiger charge is 2.18. The first-order valence-corrected chi connectivity index (χ1v) is 4.80. The standard InChI is InChI=1S/C6H12N2.ClHO4/c1-6-7(2)4-5-8(6)3;2-1(3,4)5/h4-6H,1-3H3;(H,2,3,4,5). The van der Waals surface area contributed by atoms with Crippen molar-refractivity contribution in [1.29, 1.82) is 0 Å². The lowest BCUT2D eigenvalue weighted by Crippen LogP contribution is -3.07. The highest BCUT2D eigenvalue weighted by atomic mass is 35.7. The Morgan fingerprint density at radius 2 is 1.69 bits per heavy atom. The molecule has 13 heavy (non-hydrogen) atoms. The van der Waals surface area contributed by atoms with Crippen molar-refractivity contribution in [1.82, 2.24) is 4.90 Å². The predicted octanol–water partition coefficient (Wildman–Crippen LogP) is -5.49. The number of hydrogen-bond donors (Lipinski definition) is 1. The first-order valence-electron chi connectivity index (χ1n) is 3.57. The van der Waals surface area contributed by atoms with E-state index in [-0.39, 0.29) is 0 Å². The van der Waals surface area contributed by atoms with Crippen LogP contribution in [0.25, 0.3) is 0 Å². The van der Waals surface area contributed by atoms with E-state index in [1.165, 1.54) is 4.90 Å². The lowest BCUT2D eigenvalue weighted by molar-refractivity contribution is -2.00. The summed E-state index contributed by atoms with van der Waals surface area (Å²) < 4.78 is 34.0. The van der Waals surface area contributed by atoms with E-state index < -0.39 is 10.2 Å². The minimum atomic E-state index is -4.94. The van der Waals surface area contributed by atoms with Gasteiger partial charge in [-0.3, -0.25) is 4.90 Å². The molecule has 2 unspecified atom stereocenters. The van der Waals surface area contributed by atoms with Crippen LogP contribution in [-0.2, 0) is 0 Å². The summed E-state index contributed by atoms with van der Waals surface area (Å²) >= 11 is 0. The van der Waals surface area contributed by atoms with E-state index in [1.807, 2.05) is 0 Å². The Morgan fingerprint density at radius 1 is 1.31 bits per heavy atom. The molecule has 1 aliphatic rings. The smallest absolute Gasteiger partial charge is 0.163 e. The third-order valence-corrected chi connectivity index (χ3v) is 1.84.